The highest BCUT2D eigenvalue weighted by molar-refractivity contribution is 5.76. The largest absolute Gasteiger partial charge is 0.493 e. The third-order valence-electron chi connectivity index (χ3n) is 2.52. The molecule has 1 aliphatic carbocycles. The summed E-state index contributed by atoms with van der Waals surface area (Å²) >= 11 is 0. The molecule has 2 rings (SSSR count). The molecular weight excluding hydrogens is 188 g/mol. The molecule has 1 aromatic rings. The van der Waals surface area contributed by atoms with Crippen LogP contribution in [0.15, 0.2) is 36.4 Å². The van der Waals surface area contributed by atoms with Crippen molar-refractivity contribution in [3.8, 4) is 11.5 Å². The summed E-state index contributed by atoms with van der Waals surface area (Å²) in [4.78, 5) is 0. The summed E-state index contributed by atoms with van der Waals surface area (Å²) in [5, 5.41) is 0. The van der Waals surface area contributed by atoms with Crippen molar-refractivity contribution in [3.63, 3.8) is 0 Å². The quantitative estimate of drug-likeness (QED) is 0.750. The second-order valence-electron chi connectivity index (χ2n) is 3.37. The van der Waals surface area contributed by atoms with Crippen LogP contribution in [0.1, 0.15) is 12.0 Å². The summed E-state index contributed by atoms with van der Waals surface area (Å²) in [6, 6.07) is 5.95. The molecule has 2 nitrogen and oxygen atoms in total. The van der Waals surface area contributed by atoms with Gasteiger partial charge in [0.25, 0.3) is 0 Å². The standard InChI is InChI=1S/C13H14O2/c1-14-12-9-5-8-11(13(12)15-2)10-6-3-4-7-10/h3-6,8-9H,7H2,1-2H3. The Morgan fingerprint density at radius 3 is 2.60 bits per heavy atom. The van der Waals surface area contributed by atoms with E-state index in [9.17, 15) is 0 Å². The highest BCUT2D eigenvalue weighted by atomic mass is 16.5. The molecule has 1 aromatic carbocycles. The minimum atomic E-state index is 0.780. The number of methoxy groups -OCH3 is 2. The molecule has 0 saturated heterocycles. The van der Waals surface area contributed by atoms with E-state index in [-0.39, 0.29) is 0 Å². The van der Waals surface area contributed by atoms with E-state index in [1.807, 2.05) is 12.1 Å². The number of benzene rings is 1. The Hall–Kier alpha value is -1.70. The lowest BCUT2D eigenvalue weighted by molar-refractivity contribution is 0.354. The van der Waals surface area contributed by atoms with Gasteiger partial charge in [-0.05, 0) is 18.1 Å². The van der Waals surface area contributed by atoms with Crippen LogP contribution in [-0.2, 0) is 0 Å². The maximum atomic E-state index is 5.39. The fourth-order valence-electron chi connectivity index (χ4n) is 1.79. The smallest absolute Gasteiger partial charge is 0.168 e. The minimum Gasteiger partial charge on any atom is -0.493 e. The molecule has 0 amide bonds. The molecular formula is C13H14O2. The van der Waals surface area contributed by atoms with E-state index < -0.39 is 0 Å². The van der Waals surface area contributed by atoms with Gasteiger partial charge in [-0.15, -0.1) is 0 Å². The molecule has 0 aliphatic heterocycles. The van der Waals surface area contributed by atoms with Crippen molar-refractivity contribution < 1.29 is 9.47 Å². The summed E-state index contributed by atoms with van der Waals surface area (Å²) in [5.74, 6) is 1.60. The lowest BCUT2D eigenvalue weighted by atomic mass is 10.0. The average molecular weight is 202 g/mol. The number of hydrogen-bond acceptors (Lipinski definition) is 2. The molecule has 0 aromatic heterocycles. The molecule has 78 valence electrons. The van der Waals surface area contributed by atoms with E-state index >= 15 is 0 Å². The van der Waals surface area contributed by atoms with E-state index in [1.165, 1.54) is 5.57 Å². The zero-order valence-electron chi connectivity index (χ0n) is 8.99. The van der Waals surface area contributed by atoms with Gasteiger partial charge in [0, 0.05) is 5.56 Å². The molecule has 0 fully saturated rings. The molecule has 0 spiro atoms. The molecule has 0 N–H and O–H groups in total. The maximum Gasteiger partial charge on any atom is 0.168 e. The first-order valence-corrected chi connectivity index (χ1v) is 4.94. The molecule has 15 heavy (non-hydrogen) atoms. The molecule has 0 heterocycles. The minimum absolute atomic E-state index is 0.780. The van der Waals surface area contributed by atoms with Gasteiger partial charge in [0.05, 0.1) is 14.2 Å². The van der Waals surface area contributed by atoms with E-state index in [0.29, 0.717) is 0 Å². The van der Waals surface area contributed by atoms with Crippen LogP contribution >= 0.6 is 0 Å². The van der Waals surface area contributed by atoms with Crippen LogP contribution in [0, 0.1) is 0 Å². The van der Waals surface area contributed by atoms with Crippen molar-refractivity contribution in [1.82, 2.24) is 0 Å². The van der Waals surface area contributed by atoms with Gasteiger partial charge < -0.3 is 9.47 Å². The molecule has 1 aliphatic rings. The number of allylic oxidation sites excluding steroid dienone is 4. The van der Waals surface area contributed by atoms with Crippen molar-refractivity contribution >= 4 is 5.57 Å². The molecule has 0 atom stereocenters. The number of hydrogen-bond donors (Lipinski definition) is 0. The Kier molecular flexibility index (Phi) is 2.77. The van der Waals surface area contributed by atoms with Gasteiger partial charge in [-0.25, -0.2) is 0 Å². The Bertz CT molecular complexity index is 417. The van der Waals surface area contributed by atoms with Crippen LogP contribution in [0.4, 0.5) is 0 Å². The SMILES string of the molecule is COc1cccc(C2=CC=CC2)c1OC. The van der Waals surface area contributed by atoms with Gasteiger partial charge in [0.1, 0.15) is 0 Å². The lowest BCUT2D eigenvalue weighted by Crippen LogP contribution is -1.94. The van der Waals surface area contributed by atoms with E-state index in [4.69, 9.17) is 9.47 Å². The monoisotopic (exact) mass is 202 g/mol. The number of ether oxygens (including phenoxy) is 2. The van der Waals surface area contributed by atoms with E-state index in [1.54, 1.807) is 14.2 Å². The first-order chi connectivity index (χ1) is 7.36. The fraction of sp³-hybridized carbons (Fsp3) is 0.231. The van der Waals surface area contributed by atoms with E-state index in [2.05, 4.69) is 24.3 Å². The Labute approximate surface area is 89.8 Å². The van der Waals surface area contributed by atoms with Crippen molar-refractivity contribution in [3.05, 3.63) is 42.0 Å². The predicted molar refractivity (Wildman–Crippen MR) is 61.3 cm³/mol. The summed E-state index contributed by atoms with van der Waals surface area (Å²) in [6.45, 7) is 0. The fourth-order valence-corrected chi connectivity index (χ4v) is 1.79. The van der Waals surface area contributed by atoms with Crippen LogP contribution in [0.2, 0.25) is 0 Å². The molecule has 0 bridgehead atoms. The van der Waals surface area contributed by atoms with Crippen LogP contribution < -0.4 is 9.47 Å². The molecule has 2 heteroatoms. The third-order valence-corrected chi connectivity index (χ3v) is 2.52. The van der Waals surface area contributed by atoms with Crippen molar-refractivity contribution in [2.45, 2.75) is 6.42 Å². The zero-order chi connectivity index (χ0) is 10.7. The van der Waals surface area contributed by atoms with Gasteiger partial charge in [-0.1, -0.05) is 30.4 Å². The average Bonchev–Trinajstić information content (AvgIpc) is 2.81. The Balaban J connectivity index is 2.46. The third kappa shape index (κ3) is 1.75. The van der Waals surface area contributed by atoms with Gasteiger partial charge >= 0.3 is 0 Å². The normalized spacial score (nSPS) is 13.9. The van der Waals surface area contributed by atoms with Gasteiger partial charge in [0.2, 0.25) is 0 Å². The first-order valence-electron chi connectivity index (χ1n) is 4.94. The number of para-hydroxylation sites is 1. The molecule has 0 radical (unpaired) electrons. The van der Waals surface area contributed by atoms with Crippen LogP contribution in [0.25, 0.3) is 5.57 Å². The van der Waals surface area contributed by atoms with Crippen LogP contribution in [-0.4, -0.2) is 14.2 Å². The summed E-state index contributed by atoms with van der Waals surface area (Å²) in [5.41, 5.74) is 2.38. The maximum absolute atomic E-state index is 5.39. The van der Waals surface area contributed by atoms with Gasteiger partial charge in [-0.3, -0.25) is 0 Å². The zero-order valence-corrected chi connectivity index (χ0v) is 8.99. The highest BCUT2D eigenvalue weighted by Gasteiger charge is 2.13. The van der Waals surface area contributed by atoms with Crippen molar-refractivity contribution in [2.75, 3.05) is 14.2 Å². The van der Waals surface area contributed by atoms with Crippen LogP contribution in [0.3, 0.4) is 0 Å². The summed E-state index contributed by atoms with van der Waals surface area (Å²) in [6.07, 6.45) is 7.27. The number of rotatable bonds is 3. The Morgan fingerprint density at radius 2 is 2.00 bits per heavy atom. The molecule has 0 unspecified atom stereocenters. The van der Waals surface area contributed by atoms with Crippen molar-refractivity contribution in [2.24, 2.45) is 0 Å². The highest BCUT2D eigenvalue weighted by Crippen LogP contribution is 2.37. The molecule has 0 saturated carbocycles. The van der Waals surface area contributed by atoms with Crippen molar-refractivity contribution in [1.29, 1.82) is 0 Å². The topological polar surface area (TPSA) is 18.5 Å². The predicted octanol–water partition coefficient (Wildman–Crippen LogP) is 3.05. The summed E-state index contributed by atoms with van der Waals surface area (Å²) < 4.78 is 10.6. The lowest BCUT2D eigenvalue weighted by Gasteiger charge is -2.12. The first kappa shape index (κ1) is 9.84. The van der Waals surface area contributed by atoms with E-state index in [0.717, 1.165) is 23.5 Å². The van der Waals surface area contributed by atoms with Gasteiger partial charge in [-0.2, -0.15) is 0 Å². The second-order valence-corrected chi connectivity index (χ2v) is 3.37. The second kappa shape index (κ2) is 4.22. The summed E-state index contributed by atoms with van der Waals surface area (Å²) in [7, 11) is 3.33. The van der Waals surface area contributed by atoms with Crippen LogP contribution in [0.5, 0.6) is 11.5 Å². The Morgan fingerprint density at radius 1 is 1.13 bits per heavy atom. The van der Waals surface area contributed by atoms with Gasteiger partial charge in [0.15, 0.2) is 11.5 Å².